The number of ether oxygens (including phenoxy) is 1. The zero-order valence-corrected chi connectivity index (χ0v) is 26.8. The van der Waals surface area contributed by atoms with Crippen LogP contribution in [0, 0.1) is 11.7 Å². The first-order valence-corrected chi connectivity index (χ1v) is 16.8. The second kappa shape index (κ2) is 14.8. The van der Waals surface area contributed by atoms with Gasteiger partial charge in [-0.3, -0.25) is 9.59 Å². The number of para-hydroxylation sites is 1. The highest BCUT2D eigenvalue weighted by Crippen LogP contribution is 2.29. The number of likely N-dealkylation sites (tertiary alicyclic amines) is 1. The number of esters is 1. The highest BCUT2D eigenvalue weighted by atomic mass is 32.2. The monoisotopic (exact) mass is 639 g/mol. The van der Waals surface area contributed by atoms with E-state index in [-0.39, 0.29) is 23.6 Å². The van der Waals surface area contributed by atoms with E-state index < -0.39 is 0 Å². The van der Waals surface area contributed by atoms with E-state index in [1.807, 2.05) is 72.8 Å². The number of thioether (sulfide) groups is 1. The van der Waals surface area contributed by atoms with E-state index >= 15 is 0 Å². The topological polar surface area (TPSA) is 78.9 Å². The number of piperidine rings is 1. The van der Waals surface area contributed by atoms with Crippen molar-refractivity contribution in [2.45, 2.75) is 30.7 Å². The third-order valence-electron chi connectivity index (χ3n) is 8.46. The number of anilines is 2. The number of benzene rings is 3. The maximum absolute atomic E-state index is 14.4. The molecule has 2 saturated heterocycles. The van der Waals surface area contributed by atoms with Crippen LogP contribution in [0.1, 0.15) is 35.7 Å². The molecule has 8 nitrogen and oxygen atoms in total. The van der Waals surface area contributed by atoms with Crippen molar-refractivity contribution in [1.82, 2.24) is 14.9 Å². The van der Waals surface area contributed by atoms with Crippen molar-refractivity contribution in [2.24, 2.45) is 5.92 Å². The van der Waals surface area contributed by atoms with Gasteiger partial charge in [0.25, 0.3) is 5.91 Å². The summed E-state index contributed by atoms with van der Waals surface area (Å²) in [5.74, 6) is 0.746. The molecule has 1 amide bonds. The molecule has 1 atom stereocenters. The Balaban J connectivity index is 1.13. The highest BCUT2D eigenvalue weighted by molar-refractivity contribution is 7.98. The van der Waals surface area contributed by atoms with Crippen molar-refractivity contribution in [3.05, 3.63) is 102 Å². The highest BCUT2D eigenvalue weighted by Gasteiger charge is 2.30. The number of halogens is 1. The van der Waals surface area contributed by atoms with Crippen LogP contribution in [0.4, 0.5) is 15.9 Å². The molecule has 2 aliphatic rings. The van der Waals surface area contributed by atoms with Crippen molar-refractivity contribution in [2.75, 3.05) is 55.7 Å². The standard InChI is InChI=1S/C36H38FN5O3S/c1-2-45-35(44)29-11-8-18-42(24-29)34(43)28-16-14-26(15-17-28)25-46-36-38-31(27-9-4-3-5-10-27)23-33(39-36)41-21-19-40(20-22-41)32-13-7-6-12-30(32)37/h3-7,9-10,12-17,23,29H,2,8,11,18-22,24-25H2,1H3. The molecule has 46 heavy (non-hydrogen) atoms. The number of hydrogen-bond donors (Lipinski definition) is 0. The predicted molar refractivity (Wildman–Crippen MR) is 180 cm³/mol. The molecule has 2 fully saturated rings. The third-order valence-corrected chi connectivity index (χ3v) is 9.37. The summed E-state index contributed by atoms with van der Waals surface area (Å²) in [5, 5.41) is 0.673. The van der Waals surface area contributed by atoms with Crippen molar-refractivity contribution in [3.63, 3.8) is 0 Å². The average Bonchev–Trinajstić information content (AvgIpc) is 3.11. The molecule has 0 radical (unpaired) electrons. The van der Waals surface area contributed by atoms with Crippen molar-refractivity contribution in [3.8, 4) is 11.3 Å². The third kappa shape index (κ3) is 7.50. The number of aromatic nitrogens is 2. The summed E-state index contributed by atoms with van der Waals surface area (Å²) in [7, 11) is 0. The first-order chi connectivity index (χ1) is 22.5. The van der Waals surface area contributed by atoms with Gasteiger partial charge in [0.15, 0.2) is 5.16 Å². The van der Waals surface area contributed by atoms with Gasteiger partial charge in [-0.15, -0.1) is 0 Å². The minimum absolute atomic E-state index is 0.0631. The minimum Gasteiger partial charge on any atom is -0.466 e. The Kier molecular flexibility index (Phi) is 10.1. The van der Waals surface area contributed by atoms with Crippen molar-refractivity contribution < 1.29 is 18.7 Å². The SMILES string of the molecule is CCOC(=O)C1CCCN(C(=O)c2ccc(CSc3nc(-c4ccccc4)cc(N4CCN(c5ccccc5F)CC4)n3)cc2)C1. The lowest BCUT2D eigenvalue weighted by Crippen LogP contribution is -2.47. The normalized spacial score (nSPS) is 16.7. The maximum atomic E-state index is 14.4. The maximum Gasteiger partial charge on any atom is 0.310 e. The summed E-state index contributed by atoms with van der Waals surface area (Å²) in [6.07, 6.45) is 1.53. The fourth-order valence-corrected chi connectivity index (χ4v) is 6.78. The molecule has 0 N–H and O–H groups in total. The fraction of sp³-hybridized carbons (Fsp3) is 0.333. The lowest BCUT2D eigenvalue weighted by atomic mass is 9.97. The van der Waals surface area contributed by atoms with E-state index in [0.29, 0.717) is 54.9 Å². The lowest BCUT2D eigenvalue weighted by molar-refractivity contribution is -0.149. The number of nitrogens with zero attached hydrogens (tertiary/aromatic N) is 5. The van der Waals surface area contributed by atoms with E-state index in [2.05, 4.69) is 9.80 Å². The molecule has 3 aromatic carbocycles. The number of rotatable bonds is 9. The predicted octanol–water partition coefficient (Wildman–Crippen LogP) is 6.32. The molecular formula is C36H38FN5O3S. The van der Waals surface area contributed by atoms with Crippen LogP contribution in [0.25, 0.3) is 11.3 Å². The van der Waals surface area contributed by atoms with E-state index in [1.54, 1.807) is 29.7 Å². The number of carbonyl (C=O) groups is 2. The van der Waals surface area contributed by atoms with Gasteiger partial charge >= 0.3 is 5.97 Å². The van der Waals surface area contributed by atoms with Gasteiger partial charge in [-0.1, -0.05) is 66.4 Å². The summed E-state index contributed by atoms with van der Waals surface area (Å²) >= 11 is 1.55. The van der Waals surface area contributed by atoms with Crippen LogP contribution in [0.15, 0.2) is 90.1 Å². The van der Waals surface area contributed by atoms with E-state index in [4.69, 9.17) is 14.7 Å². The van der Waals surface area contributed by atoms with Crippen LogP contribution in [-0.2, 0) is 15.3 Å². The molecule has 1 aromatic heterocycles. The Morgan fingerprint density at radius 2 is 1.61 bits per heavy atom. The Bertz CT molecular complexity index is 1650. The zero-order chi connectivity index (χ0) is 31.9. The lowest BCUT2D eigenvalue weighted by Gasteiger charge is -2.37. The van der Waals surface area contributed by atoms with Gasteiger partial charge in [-0.05, 0) is 49.6 Å². The molecule has 3 heterocycles. The second-order valence-electron chi connectivity index (χ2n) is 11.5. The molecule has 0 aliphatic carbocycles. The Labute approximate surface area is 273 Å². The Morgan fingerprint density at radius 1 is 0.891 bits per heavy atom. The largest absolute Gasteiger partial charge is 0.466 e. The first-order valence-electron chi connectivity index (χ1n) is 15.8. The fourth-order valence-electron chi connectivity index (χ4n) is 5.97. The molecule has 2 aliphatic heterocycles. The first kappa shape index (κ1) is 31.5. The van der Waals surface area contributed by atoms with Crippen LogP contribution in [0.2, 0.25) is 0 Å². The zero-order valence-electron chi connectivity index (χ0n) is 26.0. The summed E-state index contributed by atoms with van der Waals surface area (Å²) in [6, 6.07) is 26.7. The number of amides is 1. The number of hydrogen-bond acceptors (Lipinski definition) is 8. The average molecular weight is 640 g/mol. The van der Waals surface area contributed by atoms with Crippen LogP contribution >= 0.6 is 11.8 Å². The molecule has 4 aromatic rings. The van der Waals surface area contributed by atoms with Gasteiger partial charge in [0.05, 0.1) is 23.9 Å². The Hall–Kier alpha value is -4.44. The molecule has 1 unspecified atom stereocenters. The molecule has 0 spiro atoms. The van der Waals surface area contributed by atoms with Crippen LogP contribution in [-0.4, -0.2) is 72.6 Å². The van der Waals surface area contributed by atoms with Gasteiger partial charge in [-0.2, -0.15) is 0 Å². The molecule has 10 heteroatoms. The smallest absolute Gasteiger partial charge is 0.310 e. The number of carbonyl (C=O) groups excluding carboxylic acids is 2. The summed E-state index contributed by atoms with van der Waals surface area (Å²) in [4.78, 5) is 41.4. The molecular weight excluding hydrogens is 601 g/mol. The van der Waals surface area contributed by atoms with Gasteiger partial charge in [0.1, 0.15) is 11.6 Å². The van der Waals surface area contributed by atoms with Crippen LogP contribution in [0.3, 0.4) is 0 Å². The summed E-state index contributed by atoms with van der Waals surface area (Å²) < 4.78 is 19.6. The van der Waals surface area contributed by atoms with Crippen LogP contribution in [0.5, 0.6) is 0 Å². The van der Waals surface area contributed by atoms with Gasteiger partial charge in [0.2, 0.25) is 0 Å². The quantitative estimate of drug-likeness (QED) is 0.120. The van der Waals surface area contributed by atoms with Gasteiger partial charge < -0.3 is 19.4 Å². The van der Waals surface area contributed by atoms with Crippen molar-refractivity contribution >= 4 is 35.1 Å². The van der Waals surface area contributed by atoms with E-state index in [9.17, 15) is 14.0 Å². The van der Waals surface area contributed by atoms with E-state index in [0.717, 1.165) is 48.6 Å². The molecule has 238 valence electrons. The Morgan fingerprint density at radius 3 is 2.35 bits per heavy atom. The number of piperazine rings is 1. The molecule has 0 saturated carbocycles. The molecule has 0 bridgehead atoms. The van der Waals surface area contributed by atoms with E-state index in [1.165, 1.54) is 6.07 Å². The van der Waals surface area contributed by atoms with Gasteiger partial charge in [0, 0.05) is 62.2 Å². The van der Waals surface area contributed by atoms with Crippen molar-refractivity contribution in [1.29, 1.82) is 0 Å². The summed E-state index contributed by atoms with van der Waals surface area (Å²) in [6.45, 7) is 6.01. The van der Waals surface area contributed by atoms with Gasteiger partial charge in [-0.25, -0.2) is 14.4 Å². The van der Waals surface area contributed by atoms with Crippen LogP contribution < -0.4 is 9.80 Å². The molecule has 6 rings (SSSR count). The second-order valence-corrected chi connectivity index (χ2v) is 12.5. The minimum atomic E-state index is -0.263. The summed E-state index contributed by atoms with van der Waals surface area (Å²) in [5.41, 5.74) is 4.17.